The van der Waals surface area contributed by atoms with Crippen LogP contribution in [0.25, 0.3) is 0 Å². The molecule has 1 aromatic heterocycles. The number of aliphatic hydroxyl groups excluding tert-OH is 1. The first kappa shape index (κ1) is 13.1. The van der Waals surface area contributed by atoms with E-state index in [-0.39, 0.29) is 11.4 Å². The number of nitrogens with zero attached hydrogens (tertiary/aromatic N) is 2. The van der Waals surface area contributed by atoms with Gasteiger partial charge in [-0.25, -0.2) is 4.98 Å². The zero-order valence-electron chi connectivity index (χ0n) is 9.37. The minimum absolute atomic E-state index is 0.202. The summed E-state index contributed by atoms with van der Waals surface area (Å²) in [5, 5.41) is 13.3. The highest BCUT2D eigenvalue weighted by Crippen LogP contribution is 2.26. The number of rotatable bonds is 3. The van der Waals surface area contributed by atoms with Crippen molar-refractivity contribution in [1.29, 1.82) is 0 Å². The molecule has 0 radical (unpaired) electrons. The minimum atomic E-state index is -0.202. The van der Waals surface area contributed by atoms with Crippen molar-refractivity contribution in [2.24, 2.45) is 5.92 Å². The monoisotopic (exact) mass is 319 g/mol. The van der Waals surface area contributed by atoms with Crippen LogP contribution >= 0.6 is 27.5 Å². The Morgan fingerprint density at radius 3 is 3.00 bits per heavy atom. The molecule has 0 amide bonds. The van der Waals surface area contributed by atoms with Crippen molar-refractivity contribution in [3.63, 3.8) is 0 Å². The lowest BCUT2D eigenvalue weighted by Crippen LogP contribution is -2.30. The summed E-state index contributed by atoms with van der Waals surface area (Å²) in [5.41, 5.74) is 0. The lowest BCUT2D eigenvalue weighted by molar-refractivity contribution is 0.0763. The van der Waals surface area contributed by atoms with E-state index in [9.17, 15) is 5.11 Å². The predicted octanol–water partition coefficient (Wildman–Crippen LogP) is 2.86. The van der Waals surface area contributed by atoms with Gasteiger partial charge in [-0.2, -0.15) is 4.98 Å². The Hall–Kier alpha value is -0.390. The third kappa shape index (κ3) is 3.53. The number of hydrogen-bond donors (Lipinski definition) is 2. The summed E-state index contributed by atoms with van der Waals surface area (Å²) in [7, 11) is 0. The minimum Gasteiger partial charge on any atom is -0.393 e. The Kier molecular flexibility index (Phi) is 4.59. The standard InChI is InChI=1S/C11H15BrClN3O/c12-8-6-15-11(13)16-10(8)14-5-7-3-1-2-4-9(7)17/h6-7,9,17H,1-5H2,(H,14,15,16). The lowest BCUT2D eigenvalue weighted by Gasteiger charge is -2.27. The number of anilines is 1. The molecule has 1 heterocycles. The first-order valence-electron chi connectivity index (χ1n) is 5.77. The van der Waals surface area contributed by atoms with Crippen molar-refractivity contribution in [3.8, 4) is 0 Å². The molecule has 1 fully saturated rings. The summed E-state index contributed by atoms with van der Waals surface area (Å²) < 4.78 is 0.784. The third-order valence-corrected chi connectivity index (χ3v) is 3.88. The Labute approximate surface area is 114 Å². The Morgan fingerprint density at radius 2 is 2.24 bits per heavy atom. The van der Waals surface area contributed by atoms with Crippen LogP contribution in [0.3, 0.4) is 0 Å². The molecular formula is C11H15BrClN3O. The Balaban J connectivity index is 1.94. The van der Waals surface area contributed by atoms with Crippen molar-refractivity contribution in [1.82, 2.24) is 9.97 Å². The number of hydrogen-bond acceptors (Lipinski definition) is 4. The van der Waals surface area contributed by atoms with Gasteiger partial charge in [-0.15, -0.1) is 0 Å². The van der Waals surface area contributed by atoms with Crippen LogP contribution in [-0.4, -0.2) is 27.7 Å². The largest absolute Gasteiger partial charge is 0.393 e. The van der Waals surface area contributed by atoms with E-state index in [2.05, 4.69) is 31.2 Å². The molecule has 1 saturated carbocycles. The van der Waals surface area contributed by atoms with Gasteiger partial charge in [-0.3, -0.25) is 0 Å². The molecule has 2 rings (SSSR count). The van der Waals surface area contributed by atoms with Crippen LogP contribution in [0.5, 0.6) is 0 Å². The summed E-state index contributed by atoms with van der Waals surface area (Å²) in [6.07, 6.45) is 5.69. The number of aliphatic hydroxyl groups is 1. The fraction of sp³-hybridized carbons (Fsp3) is 0.636. The molecule has 0 bridgehead atoms. The van der Waals surface area contributed by atoms with Gasteiger partial charge in [-0.1, -0.05) is 12.8 Å². The van der Waals surface area contributed by atoms with Crippen LogP contribution in [-0.2, 0) is 0 Å². The van der Waals surface area contributed by atoms with Gasteiger partial charge in [0.05, 0.1) is 10.6 Å². The normalized spacial score (nSPS) is 24.6. The topological polar surface area (TPSA) is 58.0 Å². The van der Waals surface area contributed by atoms with Gasteiger partial charge in [0.2, 0.25) is 5.28 Å². The van der Waals surface area contributed by atoms with Gasteiger partial charge in [0.1, 0.15) is 5.82 Å². The van der Waals surface area contributed by atoms with Gasteiger partial charge in [-0.05, 0) is 40.4 Å². The SMILES string of the molecule is OC1CCCCC1CNc1nc(Cl)ncc1Br. The van der Waals surface area contributed by atoms with Gasteiger partial charge >= 0.3 is 0 Å². The summed E-state index contributed by atoms with van der Waals surface area (Å²) in [6, 6.07) is 0. The van der Waals surface area contributed by atoms with Gasteiger partial charge in [0.15, 0.2) is 0 Å². The molecule has 1 aliphatic carbocycles. The fourth-order valence-corrected chi connectivity index (χ4v) is 2.59. The molecule has 2 N–H and O–H groups in total. The second kappa shape index (κ2) is 5.98. The zero-order valence-corrected chi connectivity index (χ0v) is 11.7. The summed E-state index contributed by atoms with van der Waals surface area (Å²) in [5.74, 6) is 0.979. The molecule has 0 spiro atoms. The first-order valence-corrected chi connectivity index (χ1v) is 6.94. The van der Waals surface area contributed by atoms with E-state index >= 15 is 0 Å². The molecule has 1 aliphatic rings. The second-order valence-electron chi connectivity index (χ2n) is 4.33. The molecule has 2 atom stereocenters. The summed E-state index contributed by atoms with van der Waals surface area (Å²) in [4.78, 5) is 7.96. The summed E-state index contributed by atoms with van der Waals surface area (Å²) in [6.45, 7) is 0.715. The quantitative estimate of drug-likeness (QED) is 0.841. The molecule has 2 unspecified atom stereocenters. The van der Waals surface area contributed by atoms with Gasteiger partial charge in [0.25, 0.3) is 0 Å². The maximum absolute atomic E-state index is 9.86. The van der Waals surface area contributed by atoms with Crippen LogP contribution in [0.2, 0.25) is 5.28 Å². The molecular weight excluding hydrogens is 305 g/mol. The summed E-state index contributed by atoms with van der Waals surface area (Å²) >= 11 is 9.10. The van der Waals surface area contributed by atoms with Crippen molar-refractivity contribution in [3.05, 3.63) is 16.0 Å². The van der Waals surface area contributed by atoms with Crippen molar-refractivity contribution >= 4 is 33.3 Å². The average molecular weight is 321 g/mol. The van der Waals surface area contributed by atoms with Crippen LogP contribution in [0.4, 0.5) is 5.82 Å². The maximum atomic E-state index is 9.86. The van der Waals surface area contributed by atoms with Gasteiger partial charge < -0.3 is 10.4 Å². The smallest absolute Gasteiger partial charge is 0.224 e. The van der Waals surface area contributed by atoms with Crippen LogP contribution in [0.1, 0.15) is 25.7 Å². The average Bonchev–Trinajstić information content (AvgIpc) is 2.32. The van der Waals surface area contributed by atoms with E-state index in [1.165, 1.54) is 6.42 Å². The van der Waals surface area contributed by atoms with Crippen molar-refractivity contribution in [2.75, 3.05) is 11.9 Å². The Morgan fingerprint density at radius 1 is 1.47 bits per heavy atom. The highest BCUT2D eigenvalue weighted by molar-refractivity contribution is 9.10. The molecule has 17 heavy (non-hydrogen) atoms. The molecule has 6 heteroatoms. The van der Waals surface area contributed by atoms with Crippen LogP contribution in [0.15, 0.2) is 10.7 Å². The van der Waals surface area contributed by atoms with Crippen molar-refractivity contribution in [2.45, 2.75) is 31.8 Å². The van der Waals surface area contributed by atoms with E-state index in [1.807, 2.05) is 0 Å². The number of halogens is 2. The predicted molar refractivity (Wildman–Crippen MR) is 71.2 cm³/mol. The second-order valence-corrected chi connectivity index (χ2v) is 5.52. The van der Waals surface area contributed by atoms with Gasteiger partial charge in [0, 0.05) is 18.7 Å². The molecule has 94 valence electrons. The van der Waals surface area contributed by atoms with E-state index in [4.69, 9.17) is 11.6 Å². The zero-order chi connectivity index (χ0) is 12.3. The number of nitrogens with one attached hydrogen (secondary N) is 1. The molecule has 0 saturated heterocycles. The van der Waals surface area contributed by atoms with E-state index in [0.717, 1.165) is 23.7 Å². The van der Waals surface area contributed by atoms with Crippen molar-refractivity contribution < 1.29 is 5.11 Å². The van der Waals surface area contributed by atoms with E-state index < -0.39 is 0 Å². The fourth-order valence-electron chi connectivity index (χ4n) is 2.12. The van der Waals surface area contributed by atoms with Crippen LogP contribution < -0.4 is 5.32 Å². The molecule has 1 aromatic rings. The van der Waals surface area contributed by atoms with E-state index in [1.54, 1.807) is 6.20 Å². The maximum Gasteiger partial charge on any atom is 0.224 e. The Bertz CT molecular complexity index is 391. The van der Waals surface area contributed by atoms with E-state index in [0.29, 0.717) is 18.3 Å². The first-order chi connectivity index (χ1) is 8.16. The molecule has 0 aromatic carbocycles. The van der Waals surface area contributed by atoms with Crippen LogP contribution in [0, 0.1) is 5.92 Å². The third-order valence-electron chi connectivity index (χ3n) is 3.12. The number of aromatic nitrogens is 2. The molecule has 4 nitrogen and oxygen atoms in total. The molecule has 0 aliphatic heterocycles. The lowest BCUT2D eigenvalue weighted by atomic mass is 9.86. The highest BCUT2D eigenvalue weighted by atomic mass is 79.9. The highest BCUT2D eigenvalue weighted by Gasteiger charge is 2.22.